The summed E-state index contributed by atoms with van der Waals surface area (Å²) in [6.07, 6.45) is 4.29. The minimum Gasteiger partial charge on any atom is -0.476 e. The standard InChI is InChI=1S/C17H18ClFN2O3S/c1-20-2-3-21(17-6-10(7-17)8-17)13-4-11(18)14(5-15(13)25-20)24-9-12(19)16(22)23/h4-5,9-10H,2-3,6-8H2,1H3,(H,22,23)/b12-9-. The van der Waals surface area contributed by atoms with Crippen molar-refractivity contribution in [2.24, 2.45) is 5.92 Å². The van der Waals surface area contributed by atoms with Gasteiger partial charge in [0, 0.05) is 18.6 Å². The van der Waals surface area contributed by atoms with E-state index in [0.717, 1.165) is 29.6 Å². The van der Waals surface area contributed by atoms with Crippen molar-refractivity contribution in [3.05, 3.63) is 29.2 Å². The van der Waals surface area contributed by atoms with E-state index >= 15 is 0 Å². The third kappa shape index (κ3) is 2.88. The number of hydrogen-bond acceptors (Lipinski definition) is 5. The monoisotopic (exact) mass is 384 g/mol. The number of carboxylic acids is 1. The highest BCUT2D eigenvalue weighted by atomic mass is 35.5. The Bertz CT molecular complexity index is 755. The molecule has 0 saturated heterocycles. The molecule has 0 unspecified atom stereocenters. The predicted molar refractivity (Wildman–Crippen MR) is 94.8 cm³/mol. The number of rotatable bonds is 4. The number of ether oxygens (including phenoxy) is 1. The van der Waals surface area contributed by atoms with E-state index in [1.807, 2.05) is 13.1 Å². The van der Waals surface area contributed by atoms with Gasteiger partial charge in [0.1, 0.15) is 12.0 Å². The summed E-state index contributed by atoms with van der Waals surface area (Å²) in [7, 11) is 2.03. The molecule has 2 bridgehead atoms. The molecule has 5 rings (SSSR count). The summed E-state index contributed by atoms with van der Waals surface area (Å²) in [5.74, 6) is -1.92. The van der Waals surface area contributed by atoms with Crippen molar-refractivity contribution in [2.45, 2.75) is 29.7 Å². The van der Waals surface area contributed by atoms with Gasteiger partial charge in [0.25, 0.3) is 0 Å². The predicted octanol–water partition coefficient (Wildman–Crippen LogP) is 3.93. The maximum absolute atomic E-state index is 13.2. The molecule has 8 heteroatoms. The van der Waals surface area contributed by atoms with E-state index in [1.165, 1.54) is 19.3 Å². The fraction of sp³-hybridized carbons (Fsp3) is 0.471. The van der Waals surface area contributed by atoms with Crippen LogP contribution in [0.25, 0.3) is 0 Å². The van der Waals surface area contributed by atoms with Crippen LogP contribution in [0.2, 0.25) is 5.02 Å². The van der Waals surface area contributed by atoms with Gasteiger partial charge in [0.2, 0.25) is 5.83 Å². The number of halogens is 2. The maximum atomic E-state index is 13.2. The molecule has 0 spiro atoms. The van der Waals surface area contributed by atoms with Crippen LogP contribution in [0.5, 0.6) is 5.75 Å². The Morgan fingerprint density at radius 3 is 2.76 bits per heavy atom. The summed E-state index contributed by atoms with van der Waals surface area (Å²) in [6, 6.07) is 3.61. The van der Waals surface area contributed by atoms with Crippen LogP contribution in [0.1, 0.15) is 19.3 Å². The van der Waals surface area contributed by atoms with Gasteiger partial charge in [0.15, 0.2) is 0 Å². The largest absolute Gasteiger partial charge is 0.476 e. The summed E-state index contributed by atoms with van der Waals surface area (Å²) >= 11 is 7.92. The lowest BCUT2D eigenvalue weighted by Gasteiger charge is -2.67. The number of hydrogen-bond donors (Lipinski definition) is 1. The average Bonchev–Trinajstić information content (AvgIpc) is 2.61. The molecule has 1 heterocycles. The quantitative estimate of drug-likeness (QED) is 0.482. The number of nitrogens with zero attached hydrogens (tertiary/aromatic N) is 2. The molecule has 0 aromatic heterocycles. The summed E-state index contributed by atoms with van der Waals surface area (Å²) < 4.78 is 20.5. The molecular formula is C17H18ClFN2O3S. The van der Waals surface area contributed by atoms with Crippen molar-refractivity contribution >= 4 is 35.2 Å². The first kappa shape index (κ1) is 17.0. The fourth-order valence-corrected chi connectivity index (χ4v) is 5.03. The molecule has 3 aliphatic carbocycles. The van der Waals surface area contributed by atoms with Crippen LogP contribution in [-0.2, 0) is 4.79 Å². The molecule has 1 aromatic rings. The van der Waals surface area contributed by atoms with E-state index < -0.39 is 11.8 Å². The Morgan fingerprint density at radius 2 is 2.16 bits per heavy atom. The second-order valence-electron chi connectivity index (χ2n) is 6.94. The van der Waals surface area contributed by atoms with Gasteiger partial charge in [-0.15, -0.1) is 0 Å². The first-order valence-electron chi connectivity index (χ1n) is 8.14. The smallest absolute Gasteiger partial charge is 0.368 e. The molecule has 0 atom stereocenters. The lowest BCUT2D eigenvalue weighted by Crippen LogP contribution is -2.69. The van der Waals surface area contributed by atoms with Crippen LogP contribution in [0, 0.1) is 5.92 Å². The minimum absolute atomic E-state index is 0.247. The van der Waals surface area contributed by atoms with Gasteiger partial charge in [-0.3, -0.25) is 0 Å². The van der Waals surface area contributed by atoms with E-state index in [1.54, 1.807) is 18.0 Å². The van der Waals surface area contributed by atoms with Gasteiger partial charge in [-0.05, 0) is 56.3 Å². The topological polar surface area (TPSA) is 53.0 Å². The highest BCUT2D eigenvalue weighted by Crippen LogP contribution is 2.62. The zero-order chi connectivity index (χ0) is 17.8. The third-order valence-electron chi connectivity index (χ3n) is 5.27. The van der Waals surface area contributed by atoms with Crippen molar-refractivity contribution in [3.8, 4) is 5.75 Å². The number of anilines is 1. The summed E-state index contributed by atoms with van der Waals surface area (Å²) in [5, 5.41) is 8.92. The SMILES string of the molecule is CN1CCN(C23CC(C2)C3)c2cc(Cl)c(O/C=C(\F)C(=O)O)cc2S1. The molecule has 1 aromatic carbocycles. The lowest BCUT2D eigenvalue weighted by atomic mass is 9.49. The third-order valence-corrected chi connectivity index (χ3v) is 6.58. The van der Waals surface area contributed by atoms with Gasteiger partial charge < -0.3 is 14.7 Å². The Morgan fingerprint density at radius 1 is 1.44 bits per heavy atom. The number of benzene rings is 1. The number of aliphatic carboxylic acids is 1. The second-order valence-corrected chi connectivity index (χ2v) is 8.59. The van der Waals surface area contributed by atoms with Crippen molar-refractivity contribution in [1.29, 1.82) is 0 Å². The zero-order valence-corrected chi connectivity index (χ0v) is 15.2. The van der Waals surface area contributed by atoms with E-state index in [9.17, 15) is 9.18 Å². The van der Waals surface area contributed by atoms with E-state index in [0.29, 0.717) is 11.3 Å². The summed E-state index contributed by atoms with van der Waals surface area (Å²) in [5.41, 5.74) is 1.35. The second kappa shape index (κ2) is 6.07. The van der Waals surface area contributed by atoms with Crippen molar-refractivity contribution in [2.75, 3.05) is 25.0 Å². The summed E-state index contributed by atoms with van der Waals surface area (Å²) in [6.45, 7) is 1.86. The van der Waals surface area contributed by atoms with Crippen molar-refractivity contribution in [3.63, 3.8) is 0 Å². The number of likely N-dealkylation sites (N-methyl/N-ethyl adjacent to an activating group) is 1. The Kier molecular flexibility index (Phi) is 4.13. The van der Waals surface area contributed by atoms with E-state index in [4.69, 9.17) is 21.4 Å². The van der Waals surface area contributed by atoms with Gasteiger partial charge in [-0.1, -0.05) is 11.6 Å². The molecule has 1 N–H and O–H groups in total. The van der Waals surface area contributed by atoms with E-state index in [-0.39, 0.29) is 11.3 Å². The summed E-state index contributed by atoms with van der Waals surface area (Å²) in [4.78, 5) is 14.0. The zero-order valence-electron chi connectivity index (χ0n) is 13.7. The highest BCUT2D eigenvalue weighted by molar-refractivity contribution is 7.97. The molecule has 4 aliphatic rings. The van der Waals surface area contributed by atoms with Crippen LogP contribution in [0.3, 0.4) is 0 Å². The molecular weight excluding hydrogens is 367 g/mol. The molecule has 25 heavy (non-hydrogen) atoms. The van der Waals surface area contributed by atoms with Crippen LogP contribution >= 0.6 is 23.5 Å². The number of fused-ring (bicyclic) bond motifs is 1. The van der Waals surface area contributed by atoms with Gasteiger partial charge >= 0.3 is 5.97 Å². The molecule has 5 nitrogen and oxygen atoms in total. The Labute approximate surface area is 154 Å². The minimum atomic E-state index is -1.67. The van der Waals surface area contributed by atoms with Crippen LogP contribution < -0.4 is 9.64 Å². The Hall–Kier alpha value is -1.44. The molecule has 3 fully saturated rings. The van der Waals surface area contributed by atoms with Gasteiger partial charge in [-0.2, -0.15) is 4.39 Å². The molecule has 3 saturated carbocycles. The first-order valence-corrected chi connectivity index (χ1v) is 9.29. The van der Waals surface area contributed by atoms with Crippen LogP contribution in [0.15, 0.2) is 29.1 Å². The molecule has 1 aliphatic heterocycles. The maximum Gasteiger partial charge on any atom is 0.368 e. The average molecular weight is 385 g/mol. The van der Waals surface area contributed by atoms with Gasteiger partial charge in [0.05, 0.1) is 15.6 Å². The van der Waals surface area contributed by atoms with Gasteiger partial charge in [-0.25, -0.2) is 9.10 Å². The number of carbonyl (C=O) groups is 1. The molecule has 134 valence electrons. The normalized spacial score (nSPS) is 28.5. The van der Waals surface area contributed by atoms with Crippen molar-refractivity contribution < 1.29 is 19.0 Å². The van der Waals surface area contributed by atoms with Crippen LogP contribution in [0.4, 0.5) is 10.1 Å². The lowest BCUT2D eigenvalue weighted by molar-refractivity contribution is -0.134. The molecule has 0 amide bonds. The Balaban J connectivity index is 1.67. The number of carboxylic acid groups (broad SMARTS) is 1. The van der Waals surface area contributed by atoms with Crippen LogP contribution in [-0.4, -0.2) is 41.1 Å². The van der Waals surface area contributed by atoms with E-state index in [2.05, 4.69) is 9.21 Å². The fourth-order valence-electron chi connectivity index (χ4n) is 3.89. The molecule has 0 radical (unpaired) electrons. The first-order chi connectivity index (χ1) is 11.9. The van der Waals surface area contributed by atoms with Crippen molar-refractivity contribution in [1.82, 2.24) is 4.31 Å². The highest BCUT2D eigenvalue weighted by Gasteiger charge is 2.60.